The van der Waals surface area contributed by atoms with Crippen molar-refractivity contribution in [1.82, 2.24) is 29.1 Å². The average molecular weight is 411 g/mol. The van der Waals surface area contributed by atoms with Gasteiger partial charge in [-0.3, -0.25) is 0 Å². The highest BCUT2D eigenvalue weighted by molar-refractivity contribution is 5.82. The predicted octanol–water partition coefficient (Wildman–Crippen LogP) is 1.81. The van der Waals surface area contributed by atoms with Crippen molar-refractivity contribution in [2.75, 3.05) is 5.32 Å². The van der Waals surface area contributed by atoms with Gasteiger partial charge in [0.05, 0.1) is 22.4 Å². The Hall–Kier alpha value is -4.07. The number of nitrogens with zero attached hydrogens (tertiary/aromatic N) is 4. The summed E-state index contributed by atoms with van der Waals surface area (Å²) in [4.78, 5) is 22.0. The van der Waals surface area contributed by atoms with E-state index in [0.29, 0.717) is 22.4 Å². The van der Waals surface area contributed by atoms with Crippen molar-refractivity contribution in [3.63, 3.8) is 0 Å². The van der Waals surface area contributed by atoms with E-state index < -0.39 is 0 Å². The van der Waals surface area contributed by atoms with Crippen molar-refractivity contribution in [1.29, 1.82) is 0 Å². The van der Waals surface area contributed by atoms with Gasteiger partial charge in [-0.2, -0.15) is 9.61 Å². The van der Waals surface area contributed by atoms with E-state index in [1.54, 1.807) is 6.20 Å². The average Bonchev–Trinajstić information content (AvgIpc) is 3.17. The predicted molar refractivity (Wildman–Crippen MR) is 121 cm³/mol. The lowest BCUT2D eigenvalue weighted by Crippen LogP contribution is -2.22. The van der Waals surface area contributed by atoms with E-state index in [-0.39, 0.29) is 5.69 Å². The first kappa shape index (κ1) is 17.8. The van der Waals surface area contributed by atoms with Crippen molar-refractivity contribution in [3.05, 3.63) is 75.0 Å². The number of H-pyrrole nitrogens is 2. The van der Waals surface area contributed by atoms with Crippen LogP contribution >= 0.6 is 0 Å². The van der Waals surface area contributed by atoms with E-state index in [1.165, 1.54) is 5.56 Å². The Morgan fingerprint density at radius 2 is 2.10 bits per heavy atom. The third kappa shape index (κ3) is 3.04. The Morgan fingerprint density at radius 3 is 2.87 bits per heavy atom. The fourth-order valence-electron chi connectivity index (χ4n) is 3.88. The van der Waals surface area contributed by atoms with Gasteiger partial charge in [0, 0.05) is 29.3 Å². The molecule has 0 saturated heterocycles. The summed E-state index contributed by atoms with van der Waals surface area (Å²) in [6.07, 6.45) is 7.95. The van der Waals surface area contributed by atoms with Gasteiger partial charge in [0.25, 0.3) is 0 Å². The molecule has 1 saturated carbocycles. The Morgan fingerprint density at radius 1 is 1.23 bits per heavy atom. The van der Waals surface area contributed by atoms with E-state index in [1.807, 2.05) is 22.9 Å². The molecule has 5 aromatic rings. The molecule has 0 radical (unpaired) electrons. The van der Waals surface area contributed by atoms with Crippen LogP contribution in [0.4, 0.5) is 5.82 Å². The first-order valence-electron chi connectivity index (χ1n) is 10.3. The number of aromatic amines is 2. The van der Waals surface area contributed by atoms with E-state index in [0.717, 1.165) is 40.9 Å². The minimum absolute atomic E-state index is 0.286. The van der Waals surface area contributed by atoms with Gasteiger partial charge in [-0.15, -0.1) is 0 Å². The SMILES string of the molecule is C=c1[nH]c(=O)[nH]/c1=C\c1cnn2c(NC3CC3)cc(-n3ccc4ccc(C)cc43)nc12. The largest absolute Gasteiger partial charge is 0.367 e. The molecule has 3 N–H and O–H groups in total. The van der Waals surface area contributed by atoms with Crippen LogP contribution in [0, 0.1) is 6.92 Å². The molecule has 0 amide bonds. The maximum Gasteiger partial charge on any atom is 0.323 e. The summed E-state index contributed by atoms with van der Waals surface area (Å²) in [7, 11) is 0. The summed E-state index contributed by atoms with van der Waals surface area (Å²) < 4.78 is 3.92. The molecule has 0 spiro atoms. The second-order valence-electron chi connectivity index (χ2n) is 8.12. The van der Waals surface area contributed by atoms with Crippen molar-refractivity contribution < 1.29 is 0 Å². The molecule has 0 atom stereocenters. The summed E-state index contributed by atoms with van der Waals surface area (Å²) in [5, 5.41) is 10.4. The van der Waals surface area contributed by atoms with E-state index >= 15 is 0 Å². The van der Waals surface area contributed by atoms with Crippen molar-refractivity contribution in [3.8, 4) is 5.82 Å². The van der Waals surface area contributed by atoms with E-state index in [9.17, 15) is 4.79 Å². The highest BCUT2D eigenvalue weighted by atomic mass is 16.1. The highest BCUT2D eigenvalue weighted by Crippen LogP contribution is 2.28. The van der Waals surface area contributed by atoms with Crippen LogP contribution in [0.3, 0.4) is 0 Å². The van der Waals surface area contributed by atoms with E-state index in [2.05, 4.69) is 62.7 Å². The highest BCUT2D eigenvalue weighted by Gasteiger charge is 2.23. The molecule has 0 unspecified atom stereocenters. The number of hydrogen-bond donors (Lipinski definition) is 3. The maximum absolute atomic E-state index is 11.6. The van der Waals surface area contributed by atoms with Crippen molar-refractivity contribution in [2.24, 2.45) is 0 Å². The minimum Gasteiger partial charge on any atom is -0.367 e. The van der Waals surface area contributed by atoms with Gasteiger partial charge in [-0.05, 0) is 43.5 Å². The third-order valence-electron chi connectivity index (χ3n) is 5.65. The van der Waals surface area contributed by atoms with Gasteiger partial charge in [0.15, 0.2) is 5.65 Å². The standard InChI is InChI=1S/C23H21N7O/c1-13-3-4-15-7-8-29(19(15)9-13)20-11-21(26-17-5-6-17)30-22(28-20)16(12-24-30)10-18-14(2)25-23(31)27-18/h3-4,7-12,17,26H,2,5-6H2,1H3,(H2,25,27,31)/b18-10-. The number of aryl methyl sites for hydroxylation is 1. The molecule has 0 bridgehead atoms. The lowest BCUT2D eigenvalue weighted by Gasteiger charge is -2.12. The minimum atomic E-state index is -0.286. The summed E-state index contributed by atoms with van der Waals surface area (Å²) in [5.74, 6) is 1.71. The fourth-order valence-corrected chi connectivity index (χ4v) is 3.88. The number of benzene rings is 1. The first-order chi connectivity index (χ1) is 15.0. The Bertz CT molecular complexity index is 1630. The monoisotopic (exact) mass is 411 g/mol. The Balaban J connectivity index is 1.60. The zero-order chi connectivity index (χ0) is 21.1. The topological polar surface area (TPSA) is 95.8 Å². The number of anilines is 1. The number of fused-ring (bicyclic) bond motifs is 2. The van der Waals surface area contributed by atoms with Crippen LogP contribution < -0.4 is 21.7 Å². The summed E-state index contributed by atoms with van der Waals surface area (Å²) in [6.45, 7) is 5.97. The van der Waals surface area contributed by atoms with Gasteiger partial charge < -0.3 is 19.9 Å². The fraction of sp³-hybridized carbons (Fsp3) is 0.174. The summed E-state index contributed by atoms with van der Waals surface area (Å²) in [6, 6.07) is 11.0. The smallest absolute Gasteiger partial charge is 0.323 e. The normalized spacial score (nSPS) is 14.7. The third-order valence-corrected chi connectivity index (χ3v) is 5.65. The number of nitrogens with one attached hydrogen (secondary N) is 3. The molecule has 1 fully saturated rings. The van der Waals surface area contributed by atoms with Crippen molar-refractivity contribution in [2.45, 2.75) is 25.8 Å². The zero-order valence-electron chi connectivity index (χ0n) is 17.0. The quantitative estimate of drug-likeness (QED) is 0.420. The molecule has 1 aromatic carbocycles. The van der Waals surface area contributed by atoms with Gasteiger partial charge in [0.2, 0.25) is 0 Å². The zero-order valence-corrected chi connectivity index (χ0v) is 17.0. The van der Waals surface area contributed by atoms with Gasteiger partial charge in [-0.1, -0.05) is 18.7 Å². The van der Waals surface area contributed by atoms with E-state index in [4.69, 9.17) is 4.98 Å². The Kier molecular flexibility index (Phi) is 3.70. The van der Waals surface area contributed by atoms with Gasteiger partial charge in [-0.25, -0.2) is 9.78 Å². The molecule has 8 heteroatoms. The van der Waals surface area contributed by atoms with Crippen LogP contribution in [0.1, 0.15) is 24.0 Å². The summed E-state index contributed by atoms with van der Waals surface area (Å²) in [5.41, 5.74) is 3.52. The lowest BCUT2D eigenvalue weighted by molar-refractivity contribution is 0.908. The number of rotatable bonds is 4. The second kappa shape index (κ2) is 6.46. The van der Waals surface area contributed by atoms with Crippen LogP contribution in [-0.2, 0) is 0 Å². The van der Waals surface area contributed by atoms with Crippen LogP contribution in [0.5, 0.6) is 0 Å². The number of imidazole rings is 1. The van der Waals surface area contributed by atoms with Crippen molar-refractivity contribution >= 4 is 35.0 Å². The molecule has 1 aliphatic rings. The molecule has 0 aliphatic heterocycles. The van der Waals surface area contributed by atoms with Gasteiger partial charge >= 0.3 is 5.69 Å². The van der Waals surface area contributed by atoms with Gasteiger partial charge in [0.1, 0.15) is 11.6 Å². The maximum atomic E-state index is 11.6. The molecular weight excluding hydrogens is 390 g/mol. The lowest BCUT2D eigenvalue weighted by atomic mass is 10.2. The molecule has 4 aromatic heterocycles. The van der Waals surface area contributed by atoms with Crippen LogP contribution in [0.25, 0.3) is 35.0 Å². The number of aromatic nitrogens is 6. The number of hydrogen-bond acceptors (Lipinski definition) is 4. The summed E-state index contributed by atoms with van der Waals surface area (Å²) >= 11 is 0. The van der Waals surface area contributed by atoms with Crippen LogP contribution in [0.15, 0.2) is 47.5 Å². The molecular formula is C23H21N7O. The second-order valence-corrected chi connectivity index (χ2v) is 8.12. The molecule has 4 heterocycles. The molecule has 154 valence electrons. The molecule has 31 heavy (non-hydrogen) atoms. The van der Waals surface area contributed by atoms with Crippen LogP contribution in [-0.4, -0.2) is 35.2 Å². The first-order valence-corrected chi connectivity index (χ1v) is 10.3. The van der Waals surface area contributed by atoms with Crippen LogP contribution in [0.2, 0.25) is 0 Å². The Labute approximate surface area is 176 Å². The molecule has 8 nitrogen and oxygen atoms in total. The molecule has 1 aliphatic carbocycles. The molecule has 6 rings (SSSR count).